The number of rotatable bonds is 1. The first-order valence-electron chi connectivity index (χ1n) is 5.62. The monoisotopic (exact) mass is 197 g/mol. The minimum Gasteiger partial charge on any atom is -0.330 e. The van der Waals surface area contributed by atoms with E-state index >= 15 is 0 Å². The number of thiol groups is 1. The lowest BCUT2D eigenvalue weighted by atomic mass is 9.67. The Morgan fingerprint density at radius 2 is 2.08 bits per heavy atom. The zero-order chi connectivity index (χ0) is 9.05. The molecular formula is C11H19NS. The lowest BCUT2D eigenvalue weighted by molar-refractivity contribution is 0.134. The van der Waals surface area contributed by atoms with Crippen molar-refractivity contribution >= 4 is 12.6 Å². The highest BCUT2D eigenvalue weighted by Gasteiger charge is 2.62. The fraction of sp³-hybridized carbons (Fsp3) is 1.00. The molecule has 0 aromatic rings. The van der Waals surface area contributed by atoms with Gasteiger partial charge >= 0.3 is 0 Å². The Hall–Kier alpha value is 0.310. The average Bonchev–Trinajstić information content (AvgIpc) is 2.74. The normalized spacial score (nSPS) is 58.6. The molecule has 1 spiro atoms. The standard InChI is InChI=1S/C11H19NS/c12-6-8-1-7-2-9(13)4-11(3-7)5-10(8)11/h7-10,13H,1-6,12H2/t7-,8+,9-,10?,11?/m1/s1. The maximum atomic E-state index is 5.84. The third kappa shape index (κ3) is 1.18. The maximum absolute atomic E-state index is 5.84. The highest BCUT2D eigenvalue weighted by atomic mass is 32.1. The van der Waals surface area contributed by atoms with E-state index in [-0.39, 0.29) is 0 Å². The Labute approximate surface area is 85.9 Å². The van der Waals surface area contributed by atoms with Gasteiger partial charge in [-0.1, -0.05) is 0 Å². The van der Waals surface area contributed by atoms with E-state index in [4.69, 9.17) is 5.73 Å². The van der Waals surface area contributed by atoms with Crippen molar-refractivity contribution in [1.29, 1.82) is 0 Å². The first-order valence-corrected chi connectivity index (χ1v) is 6.13. The molecule has 13 heavy (non-hydrogen) atoms. The van der Waals surface area contributed by atoms with Crippen molar-refractivity contribution < 1.29 is 0 Å². The molecule has 0 amide bonds. The summed E-state index contributed by atoms with van der Waals surface area (Å²) in [5.41, 5.74) is 6.57. The second-order valence-corrected chi connectivity index (χ2v) is 6.30. The quantitative estimate of drug-likeness (QED) is 0.618. The summed E-state index contributed by atoms with van der Waals surface area (Å²) in [6, 6.07) is 0. The Balaban J connectivity index is 1.82. The second-order valence-electron chi connectivity index (χ2n) is 5.57. The maximum Gasteiger partial charge on any atom is 0.00248 e. The average molecular weight is 197 g/mol. The van der Waals surface area contributed by atoms with E-state index in [2.05, 4.69) is 12.6 Å². The molecule has 3 aliphatic rings. The van der Waals surface area contributed by atoms with Gasteiger partial charge in [-0.3, -0.25) is 0 Å². The molecule has 2 heteroatoms. The summed E-state index contributed by atoms with van der Waals surface area (Å²) in [5.74, 6) is 2.81. The van der Waals surface area contributed by atoms with Crippen molar-refractivity contribution in [1.82, 2.24) is 0 Å². The third-order valence-electron chi connectivity index (χ3n) is 4.70. The molecule has 3 aliphatic carbocycles. The van der Waals surface area contributed by atoms with Crippen LogP contribution in [0, 0.1) is 23.2 Å². The first-order chi connectivity index (χ1) is 6.23. The van der Waals surface area contributed by atoms with Crippen molar-refractivity contribution in [2.24, 2.45) is 28.9 Å². The predicted octanol–water partition coefficient (Wildman–Crippen LogP) is 2.07. The minimum absolute atomic E-state index is 0.697. The molecule has 5 atom stereocenters. The molecular weight excluding hydrogens is 178 g/mol. The molecule has 0 saturated heterocycles. The van der Waals surface area contributed by atoms with Gasteiger partial charge in [0.15, 0.2) is 0 Å². The van der Waals surface area contributed by atoms with E-state index in [0.29, 0.717) is 5.25 Å². The van der Waals surface area contributed by atoms with E-state index in [9.17, 15) is 0 Å². The van der Waals surface area contributed by atoms with Crippen LogP contribution in [0.5, 0.6) is 0 Å². The third-order valence-corrected chi connectivity index (χ3v) is 5.10. The van der Waals surface area contributed by atoms with Gasteiger partial charge in [-0.15, -0.1) is 0 Å². The minimum atomic E-state index is 0.697. The smallest absolute Gasteiger partial charge is 0.00248 e. The van der Waals surface area contributed by atoms with E-state index < -0.39 is 0 Å². The van der Waals surface area contributed by atoms with Gasteiger partial charge < -0.3 is 5.73 Å². The lowest BCUT2D eigenvalue weighted by Crippen LogP contribution is -2.35. The molecule has 3 fully saturated rings. The summed E-state index contributed by atoms with van der Waals surface area (Å²) < 4.78 is 0. The molecule has 0 aromatic heterocycles. The molecule has 1 nitrogen and oxygen atoms in total. The van der Waals surface area contributed by atoms with Gasteiger partial charge in [0.25, 0.3) is 0 Å². The van der Waals surface area contributed by atoms with Crippen molar-refractivity contribution in [2.75, 3.05) is 6.54 Å². The van der Waals surface area contributed by atoms with Gasteiger partial charge in [-0.25, -0.2) is 0 Å². The van der Waals surface area contributed by atoms with Crippen LogP contribution in [0.4, 0.5) is 0 Å². The lowest BCUT2D eigenvalue weighted by Gasteiger charge is -2.41. The van der Waals surface area contributed by atoms with Gasteiger partial charge in [-0.05, 0) is 61.8 Å². The molecule has 0 heterocycles. The summed E-state index contributed by atoms with van der Waals surface area (Å²) >= 11 is 4.68. The zero-order valence-electron chi connectivity index (χ0n) is 8.08. The van der Waals surface area contributed by atoms with Crippen LogP contribution < -0.4 is 5.73 Å². The van der Waals surface area contributed by atoms with Crippen LogP contribution in [0.25, 0.3) is 0 Å². The van der Waals surface area contributed by atoms with Crippen LogP contribution in [0.3, 0.4) is 0 Å². The fourth-order valence-corrected chi connectivity index (χ4v) is 4.89. The summed E-state index contributed by atoms with van der Waals surface area (Å²) in [7, 11) is 0. The zero-order valence-corrected chi connectivity index (χ0v) is 8.97. The molecule has 0 aromatic carbocycles. The predicted molar refractivity (Wildman–Crippen MR) is 57.8 cm³/mol. The van der Waals surface area contributed by atoms with Crippen LogP contribution in [0.2, 0.25) is 0 Å². The number of hydrogen-bond donors (Lipinski definition) is 2. The molecule has 0 aliphatic heterocycles. The fourth-order valence-electron chi connectivity index (χ4n) is 4.23. The molecule has 3 saturated carbocycles. The first kappa shape index (κ1) is 8.60. The van der Waals surface area contributed by atoms with Crippen LogP contribution in [-0.4, -0.2) is 11.8 Å². The topological polar surface area (TPSA) is 26.0 Å². The van der Waals surface area contributed by atoms with Gasteiger partial charge in [0.1, 0.15) is 0 Å². The van der Waals surface area contributed by atoms with E-state index in [1.165, 1.54) is 32.1 Å². The van der Waals surface area contributed by atoms with Crippen molar-refractivity contribution in [3.63, 3.8) is 0 Å². The van der Waals surface area contributed by atoms with Gasteiger partial charge in [0.2, 0.25) is 0 Å². The van der Waals surface area contributed by atoms with Crippen LogP contribution in [0.15, 0.2) is 0 Å². The highest BCUT2D eigenvalue weighted by Crippen LogP contribution is 2.70. The summed E-state index contributed by atoms with van der Waals surface area (Å²) in [5, 5.41) is 0.697. The van der Waals surface area contributed by atoms with Crippen molar-refractivity contribution in [3.05, 3.63) is 0 Å². The number of hydrogen-bond acceptors (Lipinski definition) is 2. The highest BCUT2D eigenvalue weighted by molar-refractivity contribution is 7.80. The number of nitrogens with two attached hydrogens (primary N) is 1. The van der Waals surface area contributed by atoms with Crippen LogP contribution in [0.1, 0.15) is 32.1 Å². The molecule has 2 unspecified atom stereocenters. The summed E-state index contributed by atoms with van der Waals surface area (Å²) in [6.45, 7) is 0.931. The van der Waals surface area contributed by atoms with E-state index in [0.717, 1.165) is 29.7 Å². The van der Waals surface area contributed by atoms with E-state index in [1.807, 2.05) is 0 Å². The summed E-state index contributed by atoms with van der Waals surface area (Å²) in [6.07, 6.45) is 7.12. The Morgan fingerprint density at radius 1 is 1.23 bits per heavy atom. The molecule has 0 radical (unpaired) electrons. The Kier molecular flexibility index (Phi) is 1.76. The largest absolute Gasteiger partial charge is 0.330 e. The van der Waals surface area contributed by atoms with Gasteiger partial charge in [0.05, 0.1) is 0 Å². The van der Waals surface area contributed by atoms with E-state index in [1.54, 1.807) is 0 Å². The molecule has 74 valence electrons. The van der Waals surface area contributed by atoms with Crippen molar-refractivity contribution in [3.8, 4) is 0 Å². The Morgan fingerprint density at radius 3 is 2.85 bits per heavy atom. The Bertz CT molecular complexity index is 226. The second kappa shape index (κ2) is 2.66. The van der Waals surface area contributed by atoms with Gasteiger partial charge in [0, 0.05) is 5.25 Å². The molecule has 3 rings (SSSR count). The van der Waals surface area contributed by atoms with Crippen LogP contribution in [-0.2, 0) is 0 Å². The van der Waals surface area contributed by atoms with Crippen LogP contribution >= 0.6 is 12.6 Å². The molecule has 2 N–H and O–H groups in total. The molecule has 2 bridgehead atoms. The van der Waals surface area contributed by atoms with Gasteiger partial charge in [-0.2, -0.15) is 12.6 Å². The van der Waals surface area contributed by atoms with Crippen molar-refractivity contribution in [2.45, 2.75) is 37.4 Å². The number of fused-ring (bicyclic) bond motifs is 1. The SMILES string of the molecule is NC[C@@H]1C[C@@H]2C[C@@H](S)CC3(CC13)C2. The summed E-state index contributed by atoms with van der Waals surface area (Å²) in [4.78, 5) is 0.